The number of rotatable bonds is 6. The molecule has 0 aromatic heterocycles. The summed E-state index contributed by atoms with van der Waals surface area (Å²) in [6.45, 7) is 5.12. The molecule has 0 spiro atoms. The quantitative estimate of drug-likeness (QED) is 0.463. The van der Waals surface area contributed by atoms with Crippen LogP contribution in [0.3, 0.4) is 0 Å². The Balaban J connectivity index is 4.53. The summed E-state index contributed by atoms with van der Waals surface area (Å²) < 4.78 is 4.71. The van der Waals surface area contributed by atoms with Gasteiger partial charge in [-0.25, -0.2) is 0 Å². The number of carbonyl (C=O) groups is 2. The highest BCUT2D eigenvalue weighted by Crippen LogP contribution is 2.25. The fourth-order valence-corrected chi connectivity index (χ4v) is 1.11. The van der Waals surface area contributed by atoms with E-state index in [-0.39, 0.29) is 13.0 Å². The fourth-order valence-electron chi connectivity index (χ4n) is 1.11. The summed E-state index contributed by atoms with van der Waals surface area (Å²) in [6, 6.07) is 0. The van der Waals surface area contributed by atoms with E-state index in [1.54, 1.807) is 6.92 Å². The maximum Gasteiger partial charge on any atom is 0.317 e. The molecule has 1 atom stereocenters. The van der Waals surface area contributed by atoms with E-state index in [9.17, 15) is 14.7 Å². The molecular formula is C10H17O4-. The smallest absolute Gasteiger partial charge is 0.317 e. The van der Waals surface area contributed by atoms with Gasteiger partial charge in [-0.15, -0.1) is 0 Å². The Morgan fingerprint density at radius 1 is 1.36 bits per heavy atom. The predicted molar refractivity (Wildman–Crippen MR) is 49.3 cm³/mol. The number of hydrogen-bond donors (Lipinski definition) is 0. The molecule has 0 aliphatic heterocycles. The summed E-state index contributed by atoms with van der Waals surface area (Å²) in [5.41, 5.74) is -1.49. The van der Waals surface area contributed by atoms with Crippen molar-refractivity contribution in [3.8, 4) is 0 Å². The van der Waals surface area contributed by atoms with Crippen LogP contribution in [0.15, 0.2) is 0 Å². The second-order valence-electron chi connectivity index (χ2n) is 3.44. The van der Waals surface area contributed by atoms with Crippen molar-refractivity contribution in [1.29, 1.82) is 0 Å². The standard InChI is InChI=1S/C10H18O4/c1-4-6-7-10(3,8(11)12)9(13)14-5-2/h4-7H2,1-3H3,(H,11,12)/p-1/t10-/m1/s1. The Kier molecular flexibility index (Phi) is 5.20. The summed E-state index contributed by atoms with van der Waals surface area (Å²) in [7, 11) is 0. The Labute approximate surface area is 84.3 Å². The molecule has 0 rings (SSSR count). The first kappa shape index (κ1) is 12.9. The van der Waals surface area contributed by atoms with Gasteiger partial charge >= 0.3 is 5.97 Å². The Bertz CT molecular complexity index is 212. The molecule has 0 saturated carbocycles. The van der Waals surface area contributed by atoms with Crippen molar-refractivity contribution in [1.82, 2.24) is 0 Å². The minimum absolute atomic E-state index is 0.188. The molecule has 0 aliphatic rings. The molecule has 0 N–H and O–H groups in total. The maximum absolute atomic E-state index is 11.4. The minimum atomic E-state index is -1.49. The molecule has 0 radical (unpaired) electrons. The van der Waals surface area contributed by atoms with Crippen molar-refractivity contribution in [2.45, 2.75) is 40.0 Å². The van der Waals surface area contributed by atoms with E-state index in [1.807, 2.05) is 6.92 Å². The molecule has 0 fully saturated rings. The molecule has 0 aromatic rings. The van der Waals surface area contributed by atoms with Crippen molar-refractivity contribution in [2.24, 2.45) is 5.41 Å². The molecule has 0 bridgehead atoms. The van der Waals surface area contributed by atoms with Crippen LogP contribution in [0.25, 0.3) is 0 Å². The van der Waals surface area contributed by atoms with Crippen LogP contribution >= 0.6 is 0 Å². The summed E-state index contributed by atoms with van der Waals surface area (Å²) in [5, 5.41) is 10.8. The molecule has 82 valence electrons. The molecule has 4 heteroatoms. The number of hydrogen-bond acceptors (Lipinski definition) is 4. The third-order valence-corrected chi connectivity index (χ3v) is 2.21. The largest absolute Gasteiger partial charge is 0.549 e. The zero-order valence-electron chi connectivity index (χ0n) is 8.96. The lowest BCUT2D eigenvalue weighted by molar-refractivity contribution is -0.317. The molecule has 0 saturated heterocycles. The normalized spacial score (nSPS) is 14.5. The van der Waals surface area contributed by atoms with E-state index in [2.05, 4.69) is 0 Å². The van der Waals surface area contributed by atoms with Crippen LogP contribution in [0.1, 0.15) is 40.0 Å². The Hall–Kier alpha value is -1.06. The van der Waals surface area contributed by atoms with Crippen LogP contribution in [0.5, 0.6) is 0 Å². The van der Waals surface area contributed by atoms with E-state index in [1.165, 1.54) is 6.92 Å². The topological polar surface area (TPSA) is 66.4 Å². The van der Waals surface area contributed by atoms with Crippen molar-refractivity contribution in [2.75, 3.05) is 6.61 Å². The number of aliphatic carboxylic acids is 1. The average Bonchev–Trinajstić information content (AvgIpc) is 2.14. The van der Waals surface area contributed by atoms with Crippen molar-refractivity contribution >= 4 is 11.9 Å². The fraction of sp³-hybridized carbons (Fsp3) is 0.800. The SMILES string of the molecule is CCCC[C@](C)(C(=O)[O-])C(=O)OCC. The summed E-state index contributed by atoms with van der Waals surface area (Å²) >= 11 is 0. The number of unbranched alkanes of at least 4 members (excludes halogenated alkanes) is 1. The van der Waals surface area contributed by atoms with Gasteiger partial charge in [-0.3, -0.25) is 4.79 Å². The van der Waals surface area contributed by atoms with Gasteiger partial charge in [0.15, 0.2) is 0 Å². The van der Waals surface area contributed by atoms with Crippen LogP contribution in [0, 0.1) is 5.41 Å². The molecule has 0 unspecified atom stereocenters. The monoisotopic (exact) mass is 201 g/mol. The van der Waals surface area contributed by atoms with Gasteiger partial charge in [0.2, 0.25) is 0 Å². The average molecular weight is 201 g/mol. The van der Waals surface area contributed by atoms with E-state index in [0.29, 0.717) is 6.42 Å². The second kappa shape index (κ2) is 5.62. The minimum Gasteiger partial charge on any atom is -0.549 e. The number of carbonyl (C=O) groups excluding carboxylic acids is 2. The third kappa shape index (κ3) is 3.01. The summed E-state index contributed by atoms with van der Waals surface area (Å²) in [4.78, 5) is 22.2. The van der Waals surface area contributed by atoms with Crippen LogP contribution in [0.4, 0.5) is 0 Å². The van der Waals surface area contributed by atoms with Gasteiger partial charge in [-0.2, -0.15) is 0 Å². The van der Waals surface area contributed by atoms with E-state index in [0.717, 1.165) is 6.42 Å². The van der Waals surface area contributed by atoms with Gasteiger partial charge in [-0.05, 0) is 20.3 Å². The van der Waals surface area contributed by atoms with Gasteiger partial charge in [0.25, 0.3) is 0 Å². The van der Waals surface area contributed by atoms with Crippen LogP contribution in [0.2, 0.25) is 0 Å². The van der Waals surface area contributed by atoms with E-state index in [4.69, 9.17) is 4.74 Å². The number of carboxylic acid groups (broad SMARTS) is 1. The highest BCUT2D eigenvalue weighted by Gasteiger charge is 2.35. The molecule has 0 aromatic carbocycles. The number of esters is 1. The third-order valence-electron chi connectivity index (χ3n) is 2.21. The zero-order valence-corrected chi connectivity index (χ0v) is 8.96. The summed E-state index contributed by atoms with van der Waals surface area (Å²) in [5.74, 6) is -2.06. The first-order valence-electron chi connectivity index (χ1n) is 4.87. The number of carboxylic acids is 1. The van der Waals surface area contributed by atoms with Gasteiger partial charge < -0.3 is 14.6 Å². The van der Waals surface area contributed by atoms with Gasteiger partial charge in [-0.1, -0.05) is 19.8 Å². The second-order valence-corrected chi connectivity index (χ2v) is 3.44. The summed E-state index contributed by atoms with van der Waals surface area (Å²) in [6.07, 6.45) is 1.77. The highest BCUT2D eigenvalue weighted by atomic mass is 16.5. The van der Waals surface area contributed by atoms with Gasteiger partial charge in [0.05, 0.1) is 12.6 Å². The molecule has 0 amide bonds. The molecular weight excluding hydrogens is 184 g/mol. The van der Waals surface area contributed by atoms with Crippen LogP contribution in [-0.2, 0) is 14.3 Å². The molecule has 14 heavy (non-hydrogen) atoms. The highest BCUT2D eigenvalue weighted by molar-refractivity contribution is 5.97. The predicted octanol–water partition coefficient (Wildman–Crippen LogP) is 0.496. The van der Waals surface area contributed by atoms with Crippen molar-refractivity contribution < 1.29 is 19.4 Å². The van der Waals surface area contributed by atoms with Gasteiger partial charge in [0.1, 0.15) is 5.41 Å². The maximum atomic E-state index is 11.4. The van der Waals surface area contributed by atoms with Crippen molar-refractivity contribution in [3.05, 3.63) is 0 Å². The van der Waals surface area contributed by atoms with Crippen LogP contribution in [-0.4, -0.2) is 18.5 Å². The lowest BCUT2D eigenvalue weighted by Crippen LogP contribution is -2.46. The number of ether oxygens (including phenoxy) is 1. The van der Waals surface area contributed by atoms with E-state index >= 15 is 0 Å². The first-order valence-corrected chi connectivity index (χ1v) is 4.87. The zero-order chi connectivity index (χ0) is 11.2. The van der Waals surface area contributed by atoms with E-state index < -0.39 is 17.4 Å². The Morgan fingerprint density at radius 3 is 2.29 bits per heavy atom. The molecule has 0 heterocycles. The van der Waals surface area contributed by atoms with Crippen molar-refractivity contribution in [3.63, 3.8) is 0 Å². The first-order chi connectivity index (χ1) is 6.49. The van der Waals surface area contributed by atoms with Gasteiger partial charge in [0, 0.05) is 0 Å². The molecule has 0 aliphatic carbocycles. The Morgan fingerprint density at radius 2 is 1.93 bits per heavy atom. The molecule has 4 nitrogen and oxygen atoms in total. The lowest BCUT2D eigenvalue weighted by Gasteiger charge is -2.27. The van der Waals surface area contributed by atoms with Crippen LogP contribution < -0.4 is 5.11 Å². The lowest BCUT2D eigenvalue weighted by atomic mass is 9.85.